The number of sulfonamides is 1. The van der Waals surface area contributed by atoms with E-state index in [-0.39, 0.29) is 22.7 Å². The molecule has 1 aliphatic carbocycles. The van der Waals surface area contributed by atoms with Gasteiger partial charge in [0.1, 0.15) is 0 Å². The van der Waals surface area contributed by atoms with Crippen molar-refractivity contribution in [2.45, 2.75) is 43.2 Å². The highest BCUT2D eigenvalue weighted by molar-refractivity contribution is 7.89. The van der Waals surface area contributed by atoms with Crippen LogP contribution in [0, 0.1) is 17.0 Å². The van der Waals surface area contributed by atoms with Crippen molar-refractivity contribution in [1.82, 2.24) is 4.72 Å². The first kappa shape index (κ1) is 14.9. The Balaban J connectivity index is 2.30. The van der Waals surface area contributed by atoms with Crippen LogP contribution in [0.15, 0.2) is 23.1 Å². The molecule has 0 radical (unpaired) electrons. The zero-order valence-corrected chi connectivity index (χ0v) is 11.9. The van der Waals surface area contributed by atoms with Crippen LogP contribution in [0.3, 0.4) is 0 Å². The Morgan fingerprint density at radius 2 is 2.10 bits per heavy atom. The number of benzene rings is 1. The van der Waals surface area contributed by atoms with Crippen LogP contribution in [0.5, 0.6) is 0 Å². The molecule has 110 valence electrons. The van der Waals surface area contributed by atoms with E-state index in [1.165, 1.54) is 12.1 Å². The first-order valence-corrected chi connectivity index (χ1v) is 7.82. The fourth-order valence-electron chi connectivity index (χ4n) is 2.36. The molecule has 2 unspecified atom stereocenters. The van der Waals surface area contributed by atoms with E-state index in [0.29, 0.717) is 12.0 Å². The third kappa shape index (κ3) is 2.97. The number of nitro groups is 1. The fraction of sp³-hybridized carbons (Fsp3) is 0.500. The van der Waals surface area contributed by atoms with Crippen molar-refractivity contribution in [2.24, 2.45) is 5.73 Å². The van der Waals surface area contributed by atoms with E-state index in [1.54, 1.807) is 6.92 Å². The lowest BCUT2D eigenvalue weighted by atomic mass is 10.2. The number of nitrogens with one attached hydrogen (secondary N) is 1. The molecule has 3 N–H and O–H groups in total. The Labute approximate surface area is 117 Å². The normalized spacial score (nSPS) is 22.9. The number of aryl methyl sites for hydroxylation is 1. The Hall–Kier alpha value is -1.51. The second-order valence-electron chi connectivity index (χ2n) is 5.03. The van der Waals surface area contributed by atoms with E-state index in [9.17, 15) is 18.5 Å². The van der Waals surface area contributed by atoms with Crippen molar-refractivity contribution in [3.63, 3.8) is 0 Å². The molecule has 8 heteroatoms. The zero-order chi connectivity index (χ0) is 14.9. The first-order valence-electron chi connectivity index (χ1n) is 6.34. The fourth-order valence-corrected chi connectivity index (χ4v) is 3.70. The Kier molecular flexibility index (Phi) is 4.07. The van der Waals surface area contributed by atoms with E-state index in [2.05, 4.69) is 4.72 Å². The summed E-state index contributed by atoms with van der Waals surface area (Å²) >= 11 is 0. The smallest absolute Gasteiger partial charge is 0.273 e. The second kappa shape index (κ2) is 5.47. The number of rotatable bonds is 4. The zero-order valence-electron chi connectivity index (χ0n) is 11.1. The first-order chi connectivity index (χ1) is 9.31. The summed E-state index contributed by atoms with van der Waals surface area (Å²) in [5, 5.41) is 10.9. The molecule has 2 rings (SSSR count). The van der Waals surface area contributed by atoms with Crippen LogP contribution in [-0.4, -0.2) is 25.4 Å². The predicted molar refractivity (Wildman–Crippen MR) is 73.8 cm³/mol. The van der Waals surface area contributed by atoms with Gasteiger partial charge in [-0.2, -0.15) is 0 Å². The van der Waals surface area contributed by atoms with Crippen LogP contribution in [0.1, 0.15) is 24.8 Å². The number of nitrogens with zero attached hydrogens (tertiary/aromatic N) is 1. The van der Waals surface area contributed by atoms with Crippen LogP contribution in [-0.2, 0) is 10.0 Å². The van der Waals surface area contributed by atoms with E-state index in [4.69, 9.17) is 5.73 Å². The van der Waals surface area contributed by atoms with Crippen LogP contribution in [0.2, 0.25) is 0 Å². The van der Waals surface area contributed by atoms with Crippen LogP contribution in [0.25, 0.3) is 0 Å². The molecular formula is C12H17N3O4S. The predicted octanol–water partition coefficient (Wildman–Crippen LogP) is 1.06. The SMILES string of the molecule is Cc1ccc(S(=O)(=O)NC2CCCC2N)cc1[N+](=O)[O-]. The summed E-state index contributed by atoms with van der Waals surface area (Å²) in [5.41, 5.74) is 6.05. The lowest BCUT2D eigenvalue weighted by Crippen LogP contribution is -2.43. The summed E-state index contributed by atoms with van der Waals surface area (Å²) in [5.74, 6) is 0. The minimum atomic E-state index is -3.78. The highest BCUT2D eigenvalue weighted by Gasteiger charge is 2.29. The highest BCUT2D eigenvalue weighted by Crippen LogP contribution is 2.24. The number of hydrogen-bond acceptors (Lipinski definition) is 5. The minimum Gasteiger partial charge on any atom is -0.326 e. The molecule has 7 nitrogen and oxygen atoms in total. The van der Waals surface area contributed by atoms with Crippen molar-refractivity contribution in [3.05, 3.63) is 33.9 Å². The standard InChI is InChI=1S/C12H17N3O4S/c1-8-5-6-9(7-12(8)15(16)17)20(18,19)14-11-4-2-3-10(11)13/h5-7,10-11,14H,2-4,13H2,1H3. The number of nitro benzene ring substituents is 1. The van der Waals surface area contributed by atoms with Crippen molar-refractivity contribution in [3.8, 4) is 0 Å². The van der Waals surface area contributed by atoms with Crippen molar-refractivity contribution in [1.29, 1.82) is 0 Å². The van der Waals surface area contributed by atoms with Gasteiger partial charge in [-0.3, -0.25) is 10.1 Å². The summed E-state index contributed by atoms with van der Waals surface area (Å²) in [6.07, 6.45) is 2.35. The van der Waals surface area contributed by atoms with E-state index in [0.717, 1.165) is 18.9 Å². The van der Waals surface area contributed by atoms with Gasteiger partial charge in [-0.25, -0.2) is 13.1 Å². The molecule has 20 heavy (non-hydrogen) atoms. The molecule has 0 saturated heterocycles. The van der Waals surface area contributed by atoms with Crippen molar-refractivity contribution < 1.29 is 13.3 Å². The average Bonchev–Trinajstić information content (AvgIpc) is 2.74. The third-order valence-corrected chi connectivity index (χ3v) is 5.05. The van der Waals surface area contributed by atoms with Gasteiger partial charge in [0, 0.05) is 23.7 Å². The Bertz CT molecular complexity index is 630. The molecule has 0 spiro atoms. The second-order valence-corrected chi connectivity index (χ2v) is 6.74. The largest absolute Gasteiger partial charge is 0.326 e. The topological polar surface area (TPSA) is 115 Å². The Morgan fingerprint density at radius 3 is 2.65 bits per heavy atom. The van der Waals surface area contributed by atoms with Crippen LogP contribution >= 0.6 is 0 Å². The monoisotopic (exact) mass is 299 g/mol. The summed E-state index contributed by atoms with van der Waals surface area (Å²) in [7, 11) is -3.78. The van der Waals surface area contributed by atoms with Gasteiger partial charge >= 0.3 is 0 Å². The van der Waals surface area contributed by atoms with Gasteiger partial charge in [-0.05, 0) is 25.8 Å². The van der Waals surface area contributed by atoms with E-state index >= 15 is 0 Å². The van der Waals surface area contributed by atoms with Gasteiger partial charge in [0.15, 0.2) is 0 Å². The van der Waals surface area contributed by atoms with Crippen molar-refractivity contribution >= 4 is 15.7 Å². The van der Waals surface area contributed by atoms with Gasteiger partial charge in [0.05, 0.1) is 9.82 Å². The molecule has 1 saturated carbocycles. The quantitative estimate of drug-likeness (QED) is 0.637. The van der Waals surface area contributed by atoms with Gasteiger partial charge in [0.2, 0.25) is 10.0 Å². The maximum atomic E-state index is 12.2. The molecular weight excluding hydrogens is 282 g/mol. The average molecular weight is 299 g/mol. The lowest BCUT2D eigenvalue weighted by molar-refractivity contribution is -0.385. The van der Waals surface area contributed by atoms with Crippen LogP contribution < -0.4 is 10.5 Å². The summed E-state index contributed by atoms with van der Waals surface area (Å²) in [6, 6.07) is 3.37. The highest BCUT2D eigenvalue weighted by atomic mass is 32.2. The molecule has 1 aliphatic rings. The maximum Gasteiger partial charge on any atom is 0.273 e. The molecule has 1 aromatic carbocycles. The molecule has 0 aromatic heterocycles. The molecule has 0 heterocycles. The van der Waals surface area contributed by atoms with E-state index in [1.807, 2.05) is 0 Å². The summed E-state index contributed by atoms with van der Waals surface area (Å²) in [6.45, 7) is 1.56. The molecule has 0 amide bonds. The van der Waals surface area contributed by atoms with Gasteiger partial charge in [-0.1, -0.05) is 12.5 Å². The van der Waals surface area contributed by atoms with E-state index < -0.39 is 14.9 Å². The lowest BCUT2D eigenvalue weighted by Gasteiger charge is -2.17. The molecule has 2 atom stereocenters. The number of nitrogens with two attached hydrogens (primary N) is 1. The van der Waals surface area contributed by atoms with Gasteiger partial charge in [0.25, 0.3) is 5.69 Å². The Morgan fingerprint density at radius 1 is 1.40 bits per heavy atom. The van der Waals surface area contributed by atoms with Gasteiger partial charge in [-0.15, -0.1) is 0 Å². The third-order valence-electron chi connectivity index (χ3n) is 3.56. The molecule has 0 bridgehead atoms. The summed E-state index contributed by atoms with van der Waals surface area (Å²) < 4.78 is 27.0. The van der Waals surface area contributed by atoms with Crippen LogP contribution in [0.4, 0.5) is 5.69 Å². The maximum absolute atomic E-state index is 12.2. The number of hydrogen-bond donors (Lipinski definition) is 2. The minimum absolute atomic E-state index is 0.103. The van der Waals surface area contributed by atoms with Crippen molar-refractivity contribution in [2.75, 3.05) is 0 Å². The molecule has 0 aliphatic heterocycles. The molecule has 1 fully saturated rings. The van der Waals surface area contributed by atoms with Gasteiger partial charge < -0.3 is 5.73 Å². The molecule has 1 aromatic rings. The summed E-state index contributed by atoms with van der Waals surface area (Å²) in [4.78, 5) is 10.2.